The lowest BCUT2D eigenvalue weighted by atomic mass is 10.1. The highest BCUT2D eigenvalue weighted by Gasteiger charge is 2.04. The van der Waals surface area contributed by atoms with Crippen LogP contribution < -0.4 is 10.6 Å². The summed E-state index contributed by atoms with van der Waals surface area (Å²) in [5, 5.41) is 6.79. The molecule has 2 rings (SSSR count). The van der Waals surface area contributed by atoms with Crippen LogP contribution in [0.3, 0.4) is 0 Å². The highest BCUT2D eigenvalue weighted by Crippen LogP contribution is 2.25. The quantitative estimate of drug-likeness (QED) is 0.833. The maximum Gasteiger partial charge on any atom is 0.224 e. The number of hydrogen-bond acceptors (Lipinski definition) is 2. The van der Waals surface area contributed by atoms with Crippen molar-refractivity contribution in [3.05, 3.63) is 59.1 Å². The zero-order valence-corrected chi connectivity index (χ0v) is 12.8. The van der Waals surface area contributed by atoms with Gasteiger partial charge in [-0.05, 0) is 30.2 Å². The summed E-state index contributed by atoms with van der Waals surface area (Å²) >= 11 is 6.17. The minimum Gasteiger partial charge on any atom is -0.383 e. The first-order valence-electron chi connectivity index (χ1n) is 7.06. The molecular formula is C17H19ClN2O. The molecule has 0 spiro atoms. The van der Waals surface area contributed by atoms with Crippen molar-refractivity contribution >= 4 is 28.9 Å². The molecular weight excluding hydrogens is 284 g/mol. The summed E-state index contributed by atoms with van der Waals surface area (Å²) in [5.41, 5.74) is 2.87. The largest absolute Gasteiger partial charge is 0.383 e. The van der Waals surface area contributed by atoms with E-state index in [-0.39, 0.29) is 5.91 Å². The second kappa shape index (κ2) is 7.70. The third-order valence-electron chi connectivity index (χ3n) is 3.14. The molecule has 0 aliphatic carbocycles. The van der Waals surface area contributed by atoms with E-state index < -0.39 is 0 Å². The zero-order chi connectivity index (χ0) is 15.1. The molecule has 0 aliphatic heterocycles. The minimum atomic E-state index is -0.00689. The summed E-state index contributed by atoms with van der Waals surface area (Å²) in [5.74, 6) is -0.00689. The fraction of sp³-hybridized carbons (Fsp3) is 0.235. The van der Waals surface area contributed by atoms with Crippen molar-refractivity contribution in [2.24, 2.45) is 0 Å². The van der Waals surface area contributed by atoms with Crippen molar-refractivity contribution in [3.63, 3.8) is 0 Å². The molecule has 3 nitrogen and oxygen atoms in total. The normalized spacial score (nSPS) is 10.2. The molecule has 110 valence electrons. The number of carbonyl (C=O) groups excluding carboxylic acids is 1. The van der Waals surface area contributed by atoms with Crippen LogP contribution in [0, 0.1) is 0 Å². The van der Waals surface area contributed by atoms with Crippen LogP contribution in [0.15, 0.2) is 48.5 Å². The Morgan fingerprint density at radius 1 is 1.14 bits per heavy atom. The molecule has 0 heterocycles. The Labute approximate surface area is 130 Å². The molecule has 0 unspecified atom stereocenters. The minimum absolute atomic E-state index is 0.00689. The van der Waals surface area contributed by atoms with Crippen molar-refractivity contribution < 1.29 is 4.79 Å². The third kappa shape index (κ3) is 4.80. The van der Waals surface area contributed by atoms with E-state index in [1.165, 1.54) is 5.56 Å². The summed E-state index contributed by atoms with van der Waals surface area (Å²) < 4.78 is 0. The molecule has 0 fully saturated rings. The van der Waals surface area contributed by atoms with Gasteiger partial charge in [0.2, 0.25) is 5.91 Å². The van der Waals surface area contributed by atoms with Crippen molar-refractivity contribution in [2.75, 3.05) is 17.2 Å². The molecule has 4 heteroatoms. The molecule has 0 bridgehead atoms. The van der Waals surface area contributed by atoms with Crippen molar-refractivity contribution in [1.29, 1.82) is 0 Å². The molecule has 0 aliphatic rings. The van der Waals surface area contributed by atoms with Gasteiger partial charge in [-0.3, -0.25) is 4.79 Å². The number of halogens is 1. The number of carbonyl (C=O) groups is 1. The number of amides is 1. The first-order chi connectivity index (χ1) is 10.2. The van der Waals surface area contributed by atoms with E-state index in [2.05, 4.69) is 22.8 Å². The fourth-order valence-corrected chi connectivity index (χ4v) is 2.16. The standard InChI is InChI=1S/C17H19ClN2O/c1-2-17(21)20-14-8-9-15(18)16(12-14)19-11-10-13-6-4-3-5-7-13/h3-9,12,19H,2,10-11H2,1H3,(H,20,21). The van der Waals surface area contributed by atoms with Crippen LogP contribution in [0.1, 0.15) is 18.9 Å². The third-order valence-corrected chi connectivity index (χ3v) is 3.47. The molecule has 0 radical (unpaired) electrons. The van der Waals surface area contributed by atoms with E-state index in [4.69, 9.17) is 11.6 Å². The molecule has 0 saturated heterocycles. The van der Waals surface area contributed by atoms with E-state index in [0.717, 1.165) is 24.3 Å². The van der Waals surface area contributed by atoms with Crippen molar-refractivity contribution in [2.45, 2.75) is 19.8 Å². The summed E-state index contributed by atoms with van der Waals surface area (Å²) in [4.78, 5) is 11.4. The van der Waals surface area contributed by atoms with Gasteiger partial charge in [0.15, 0.2) is 0 Å². The Kier molecular flexibility index (Phi) is 5.64. The van der Waals surface area contributed by atoms with E-state index in [1.807, 2.05) is 31.2 Å². The maximum absolute atomic E-state index is 11.4. The first kappa shape index (κ1) is 15.4. The average Bonchev–Trinajstić information content (AvgIpc) is 2.51. The highest BCUT2D eigenvalue weighted by molar-refractivity contribution is 6.33. The van der Waals surface area contributed by atoms with Gasteiger partial charge < -0.3 is 10.6 Å². The van der Waals surface area contributed by atoms with Gasteiger partial charge in [0.1, 0.15) is 0 Å². The van der Waals surface area contributed by atoms with Crippen LogP contribution in [-0.2, 0) is 11.2 Å². The Hall–Kier alpha value is -2.00. The second-order valence-electron chi connectivity index (χ2n) is 4.76. The topological polar surface area (TPSA) is 41.1 Å². The molecule has 0 aromatic heterocycles. The van der Waals surface area contributed by atoms with Crippen molar-refractivity contribution in [3.8, 4) is 0 Å². The summed E-state index contributed by atoms with van der Waals surface area (Å²) in [6, 6.07) is 15.7. The maximum atomic E-state index is 11.4. The predicted molar refractivity (Wildman–Crippen MR) is 89.0 cm³/mol. The highest BCUT2D eigenvalue weighted by atomic mass is 35.5. The number of anilines is 2. The lowest BCUT2D eigenvalue weighted by molar-refractivity contribution is -0.115. The predicted octanol–water partition coefficient (Wildman–Crippen LogP) is 4.34. The van der Waals surface area contributed by atoms with Crippen molar-refractivity contribution in [1.82, 2.24) is 0 Å². The Balaban J connectivity index is 1.95. The van der Waals surface area contributed by atoms with E-state index in [9.17, 15) is 4.79 Å². The van der Waals surface area contributed by atoms with E-state index >= 15 is 0 Å². The number of hydrogen-bond donors (Lipinski definition) is 2. The lowest BCUT2D eigenvalue weighted by Gasteiger charge is -2.11. The van der Waals surface area contributed by atoms with Crippen LogP contribution in [0.25, 0.3) is 0 Å². The van der Waals surface area contributed by atoms with Gasteiger partial charge in [0, 0.05) is 18.7 Å². The summed E-state index contributed by atoms with van der Waals surface area (Å²) in [6.45, 7) is 2.61. The second-order valence-corrected chi connectivity index (χ2v) is 5.17. The molecule has 2 aromatic rings. The van der Waals surface area contributed by atoms with Gasteiger partial charge in [-0.1, -0.05) is 48.9 Å². The van der Waals surface area contributed by atoms with Gasteiger partial charge in [-0.2, -0.15) is 0 Å². The average molecular weight is 303 g/mol. The number of nitrogens with one attached hydrogen (secondary N) is 2. The number of benzene rings is 2. The Morgan fingerprint density at radius 2 is 1.90 bits per heavy atom. The van der Waals surface area contributed by atoms with Crippen LogP contribution in [0.2, 0.25) is 5.02 Å². The van der Waals surface area contributed by atoms with Gasteiger partial charge in [0.25, 0.3) is 0 Å². The molecule has 0 atom stereocenters. The fourth-order valence-electron chi connectivity index (χ4n) is 1.97. The van der Waals surface area contributed by atoms with Gasteiger partial charge >= 0.3 is 0 Å². The van der Waals surface area contributed by atoms with Gasteiger partial charge in [0.05, 0.1) is 10.7 Å². The van der Waals surface area contributed by atoms with Crippen LogP contribution >= 0.6 is 11.6 Å². The molecule has 2 N–H and O–H groups in total. The first-order valence-corrected chi connectivity index (χ1v) is 7.44. The van der Waals surface area contributed by atoms with E-state index in [1.54, 1.807) is 12.1 Å². The van der Waals surface area contributed by atoms with Gasteiger partial charge in [-0.15, -0.1) is 0 Å². The lowest BCUT2D eigenvalue weighted by Crippen LogP contribution is -2.10. The number of rotatable bonds is 6. The SMILES string of the molecule is CCC(=O)Nc1ccc(Cl)c(NCCc2ccccc2)c1. The Bertz CT molecular complexity index is 599. The molecule has 1 amide bonds. The molecule has 2 aromatic carbocycles. The smallest absolute Gasteiger partial charge is 0.224 e. The van der Waals surface area contributed by atoms with Crippen LogP contribution in [0.4, 0.5) is 11.4 Å². The monoisotopic (exact) mass is 302 g/mol. The van der Waals surface area contributed by atoms with Crippen LogP contribution in [0.5, 0.6) is 0 Å². The van der Waals surface area contributed by atoms with E-state index in [0.29, 0.717) is 11.4 Å². The van der Waals surface area contributed by atoms with Gasteiger partial charge in [-0.25, -0.2) is 0 Å². The van der Waals surface area contributed by atoms with Crippen LogP contribution in [-0.4, -0.2) is 12.5 Å². The molecule has 0 saturated carbocycles. The summed E-state index contributed by atoms with van der Waals surface area (Å²) in [7, 11) is 0. The Morgan fingerprint density at radius 3 is 2.62 bits per heavy atom. The molecule has 21 heavy (non-hydrogen) atoms. The zero-order valence-electron chi connectivity index (χ0n) is 12.0. The summed E-state index contributed by atoms with van der Waals surface area (Å²) in [6.07, 6.45) is 1.38.